The second-order valence-corrected chi connectivity index (χ2v) is 6.99. The van der Waals surface area contributed by atoms with Gasteiger partial charge < -0.3 is 4.74 Å². The van der Waals surface area contributed by atoms with Crippen molar-refractivity contribution in [3.63, 3.8) is 0 Å². The summed E-state index contributed by atoms with van der Waals surface area (Å²) in [6.45, 7) is 5.16. The van der Waals surface area contributed by atoms with Gasteiger partial charge in [-0.3, -0.25) is 0 Å². The number of ether oxygens (including phenoxy) is 1. The summed E-state index contributed by atoms with van der Waals surface area (Å²) < 4.78 is 5.32. The molecule has 0 saturated heterocycles. The summed E-state index contributed by atoms with van der Waals surface area (Å²) in [7, 11) is 0. The Morgan fingerprint density at radius 3 is 1.54 bits per heavy atom. The van der Waals surface area contributed by atoms with Gasteiger partial charge in [0.25, 0.3) is 0 Å². The Morgan fingerprint density at radius 1 is 0.583 bits per heavy atom. The van der Waals surface area contributed by atoms with Gasteiger partial charge in [0.15, 0.2) is 0 Å². The predicted octanol–water partition coefficient (Wildman–Crippen LogP) is 8.35. The molecule has 0 spiro atoms. The molecule has 0 rings (SSSR count). The first kappa shape index (κ1) is 23.3. The molecule has 1 heteroatoms. The van der Waals surface area contributed by atoms with Gasteiger partial charge in [-0.2, -0.15) is 0 Å². The van der Waals surface area contributed by atoms with E-state index < -0.39 is 0 Å². The molecule has 0 aromatic heterocycles. The van der Waals surface area contributed by atoms with Crippen LogP contribution >= 0.6 is 0 Å². The van der Waals surface area contributed by atoms with Crippen molar-refractivity contribution in [2.45, 2.75) is 117 Å². The molecule has 0 aliphatic heterocycles. The van der Waals surface area contributed by atoms with Crippen LogP contribution in [0.4, 0.5) is 0 Å². The molecule has 0 radical (unpaired) electrons. The maximum Gasteiger partial charge on any atom is 0.0873 e. The molecule has 0 aromatic carbocycles. The first-order valence-corrected chi connectivity index (χ1v) is 10.8. The Morgan fingerprint density at radius 2 is 1.04 bits per heavy atom. The van der Waals surface area contributed by atoms with Crippen LogP contribution in [0.3, 0.4) is 0 Å². The van der Waals surface area contributed by atoms with E-state index in [4.69, 9.17) is 4.74 Å². The monoisotopic (exact) mass is 336 g/mol. The lowest BCUT2D eigenvalue weighted by Crippen LogP contribution is -1.88. The second kappa shape index (κ2) is 22.3. The van der Waals surface area contributed by atoms with Crippen LogP contribution in [0.1, 0.15) is 117 Å². The third-order valence-electron chi connectivity index (χ3n) is 4.51. The quantitative estimate of drug-likeness (QED) is 0.131. The first-order valence-electron chi connectivity index (χ1n) is 10.8. The number of rotatable bonds is 19. The van der Waals surface area contributed by atoms with E-state index in [-0.39, 0.29) is 0 Å². The average Bonchev–Trinajstić information content (AvgIpc) is 2.60. The maximum atomic E-state index is 5.32. The number of unbranched alkanes of at least 4 members (excludes halogenated alkanes) is 14. The Bertz CT molecular complexity index is 267. The molecule has 0 heterocycles. The Kier molecular flexibility index (Phi) is 21.6. The summed E-state index contributed by atoms with van der Waals surface area (Å²) in [5.74, 6) is 0. The summed E-state index contributed by atoms with van der Waals surface area (Å²) in [6.07, 6.45) is 30.5. The molecule has 0 aromatic rings. The van der Waals surface area contributed by atoms with Gasteiger partial charge in [0.05, 0.1) is 12.9 Å². The highest BCUT2D eigenvalue weighted by molar-refractivity contribution is 4.81. The summed E-state index contributed by atoms with van der Waals surface area (Å²) in [4.78, 5) is 0. The van der Waals surface area contributed by atoms with Crippen molar-refractivity contribution in [3.8, 4) is 0 Å². The zero-order valence-corrected chi connectivity index (χ0v) is 16.7. The van der Waals surface area contributed by atoms with Crippen molar-refractivity contribution in [2.24, 2.45) is 0 Å². The average molecular weight is 337 g/mol. The lowest BCUT2D eigenvalue weighted by Gasteiger charge is -2.02. The van der Waals surface area contributed by atoms with E-state index in [1.54, 1.807) is 6.26 Å². The smallest absolute Gasteiger partial charge is 0.0873 e. The molecule has 0 N–H and O–H groups in total. The minimum absolute atomic E-state index is 0.884. The van der Waals surface area contributed by atoms with Gasteiger partial charge in [0.2, 0.25) is 0 Å². The zero-order chi connectivity index (χ0) is 17.6. The Hall–Kier alpha value is -0.720. The van der Waals surface area contributed by atoms with Crippen LogP contribution in [-0.4, -0.2) is 6.61 Å². The third kappa shape index (κ3) is 21.3. The van der Waals surface area contributed by atoms with Crippen molar-refractivity contribution in [2.75, 3.05) is 6.61 Å². The molecule has 0 unspecified atom stereocenters. The first-order chi connectivity index (χ1) is 11.9. The fourth-order valence-corrected chi connectivity index (χ4v) is 2.95. The van der Waals surface area contributed by atoms with Crippen LogP contribution in [0.15, 0.2) is 24.5 Å². The minimum atomic E-state index is 0.884. The highest BCUT2D eigenvalue weighted by atomic mass is 16.5. The Balaban J connectivity index is 3.05. The number of allylic oxidation sites excluding steroid dienone is 3. The van der Waals surface area contributed by atoms with E-state index in [1.807, 2.05) is 13.0 Å². The van der Waals surface area contributed by atoms with Crippen LogP contribution in [0, 0.1) is 0 Å². The molecule has 0 bridgehead atoms. The molecule has 142 valence electrons. The molecule has 0 aliphatic rings. The van der Waals surface area contributed by atoms with Crippen LogP contribution < -0.4 is 0 Å². The fourth-order valence-electron chi connectivity index (χ4n) is 2.95. The maximum absolute atomic E-state index is 5.32. The largest absolute Gasteiger partial charge is 0.502 e. The van der Waals surface area contributed by atoms with E-state index in [9.17, 15) is 0 Å². The van der Waals surface area contributed by atoms with Gasteiger partial charge in [-0.05, 0) is 39.0 Å². The van der Waals surface area contributed by atoms with Crippen molar-refractivity contribution in [3.05, 3.63) is 24.5 Å². The van der Waals surface area contributed by atoms with Gasteiger partial charge >= 0.3 is 0 Å². The van der Waals surface area contributed by atoms with Gasteiger partial charge in [-0.1, -0.05) is 95.8 Å². The minimum Gasteiger partial charge on any atom is -0.502 e. The lowest BCUT2D eigenvalue weighted by atomic mass is 10.1. The molecule has 0 amide bonds. The highest BCUT2D eigenvalue weighted by Crippen LogP contribution is 2.11. The van der Waals surface area contributed by atoms with E-state index >= 15 is 0 Å². The second-order valence-electron chi connectivity index (χ2n) is 6.99. The van der Waals surface area contributed by atoms with Gasteiger partial charge in [-0.25, -0.2) is 0 Å². The standard InChI is InChI=1S/C23H44O/c1-3-5-6-7-8-9-10-11-12-13-14-15-16-17-18-19-20-21-23-24-22-4-2/h4,11-12,22H,3,5-10,13-21,23H2,1-2H3/b12-11-,22-4?. The normalized spacial score (nSPS) is 11.8. The van der Waals surface area contributed by atoms with Crippen molar-refractivity contribution < 1.29 is 4.74 Å². The highest BCUT2D eigenvalue weighted by Gasteiger charge is 1.92. The fraction of sp³-hybridized carbons (Fsp3) is 0.826. The molecule has 24 heavy (non-hydrogen) atoms. The van der Waals surface area contributed by atoms with E-state index in [1.165, 1.54) is 103 Å². The molecule has 0 fully saturated rings. The predicted molar refractivity (Wildman–Crippen MR) is 109 cm³/mol. The van der Waals surface area contributed by atoms with Gasteiger partial charge in [0.1, 0.15) is 0 Å². The van der Waals surface area contributed by atoms with Crippen LogP contribution in [0.5, 0.6) is 0 Å². The van der Waals surface area contributed by atoms with E-state index in [0.717, 1.165) is 6.61 Å². The van der Waals surface area contributed by atoms with E-state index in [2.05, 4.69) is 19.1 Å². The van der Waals surface area contributed by atoms with Crippen LogP contribution in [-0.2, 0) is 4.74 Å². The van der Waals surface area contributed by atoms with Crippen molar-refractivity contribution in [1.82, 2.24) is 0 Å². The molecule has 0 saturated carbocycles. The van der Waals surface area contributed by atoms with E-state index in [0.29, 0.717) is 0 Å². The lowest BCUT2D eigenvalue weighted by molar-refractivity contribution is 0.240. The van der Waals surface area contributed by atoms with Crippen molar-refractivity contribution >= 4 is 0 Å². The van der Waals surface area contributed by atoms with Gasteiger partial charge in [-0.15, -0.1) is 0 Å². The Labute approximate surface area is 153 Å². The van der Waals surface area contributed by atoms with Crippen LogP contribution in [0.25, 0.3) is 0 Å². The van der Waals surface area contributed by atoms with Crippen molar-refractivity contribution in [1.29, 1.82) is 0 Å². The number of hydrogen-bond acceptors (Lipinski definition) is 1. The molecule has 0 aliphatic carbocycles. The topological polar surface area (TPSA) is 9.23 Å². The molecule has 0 atom stereocenters. The zero-order valence-electron chi connectivity index (χ0n) is 16.7. The molecule has 1 nitrogen and oxygen atoms in total. The summed E-state index contributed by atoms with van der Waals surface area (Å²) in [5, 5.41) is 0. The van der Waals surface area contributed by atoms with Crippen LogP contribution in [0.2, 0.25) is 0 Å². The third-order valence-corrected chi connectivity index (χ3v) is 4.51. The summed E-state index contributed by atoms with van der Waals surface area (Å²) in [6, 6.07) is 0. The van der Waals surface area contributed by atoms with Gasteiger partial charge in [0, 0.05) is 0 Å². The number of hydrogen-bond donors (Lipinski definition) is 0. The summed E-state index contributed by atoms with van der Waals surface area (Å²) in [5.41, 5.74) is 0. The SMILES string of the molecule is CC=COCCCCCCCCCC/C=C\CCCCCCCC. The molecular formula is C23H44O. The molecular weight excluding hydrogens is 292 g/mol. The summed E-state index contributed by atoms with van der Waals surface area (Å²) >= 11 is 0.